The lowest BCUT2D eigenvalue weighted by Crippen LogP contribution is -2.25. The first-order valence-electron chi connectivity index (χ1n) is 4.80. The predicted molar refractivity (Wildman–Crippen MR) is 49.3 cm³/mol. The van der Waals surface area contributed by atoms with Gasteiger partial charge in [0.15, 0.2) is 0 Å². The number of anilines is 2. The number of aromatic nitrogens is 3. The van der Waals surface area contributed by atoms with Gasteiger partial charge in [-0.1, -0.05) is 0 Å². The minimum Gasteiger partial charge on any atom is -0.366 e. The number of fused-ring (bicyclic) bond motifs is 1. The molecule has 1 aromatic heterocycles. The molecule has 13 heavy (non-hydrogen) atoms. The van der Waals surface area contributed by atoms with Gasteiger partial charge in [0, 0.05) is 6.54 Å². The van der Waals surface area contributed by atoms with Crippen molar-refractivity contribution in [2.24, 2.45) is 5.92 Å². The van der Waals surface area contributed by atoms with Crippen molar-refractivity contribution in [3.05, 3.63) is 0 Å². The molecule has 2 heterocycles. The third-order valence-corrected chi connectivity index (χ3v) is 2.85. The molecule has 1 unspecified atom stereocenters. The van der Waals surface area contributed by atoms with Crippen LogP contribution in [0.4, 0.5) is 11.9 Å². The van der Waals surface area contributed by atoms with E-state index < -0.39 is 0 Å². The monoisotopic (exact) mass is 179 g/mol. The fraction of sp³-hybridized carbons (Fsp3) is 0.750. The molecule has 1 aromatic rings. The quantitative estimate of drug-likeness (QED) is 0.663. The molecule has 1 aliphatic carbocycles. The minimum atomic E-state index is 0.384. The Balaban J connectivity index is 1.99. The average Bonchev–Trinajstić information content (AvgIpc) is 2.86. The second-order valence-electron chi connectivity index (χ2n) is 3.86. The Labute approximate surface area is 76.3 Å². The van der Waals surface area contributed by atoms with Gasteiger partial charge in [0.25, 0.3) is 0 Å². The maximum atomic E-state index is 5.56. The smallest absolute Gasteiger partial charge is 0.241 e. The SMILES string of the molecule is Nc1nc2n(n1)C(C1CC1)CCN2. The average molecular weight is 179 g/mol. The molecule has 70 valence electrons. The van der Waals surface area contributed by atoms with Gasteiger partial charge in [-0.3, -0.25) is 0 Å². The van der Waals surface area contributed by atoms with Gasteiger partial charge in [-0.2, -0.15) is 4.98 Å². The highest BCUT2D eigenvalue weighted by Gasteiger charge is 2.36. The highest BCUT2D eigenvalue weighted by molar-refractivity contribution is 5.34. The fourth-order valence-corrected chi connectivity index (χ4v) is 2.06. The van der Waals surface area contributed by atoms with Crippen molar-refractivity contribution in [2.45, 2.75) is 25.3 Å². The van der Waals surface area contributed by atoms with Crippen LogP contribution in [0.5, 0.6) is 0 Å². The lowest BCUT2D eigenvalue weighted by molar-refractivity contribution is 0.375. The van der Waals surface area contributed by atoms with Crippen LogP contribution in [0.15, 0.2) is 0 Å². The Morgan fingerprint density at radius 2 is 2.23 bits per heavy atom. The lowest BCUT2D eigenvalue weighted by Gasteiger charge is -2.23. The highest BCUT2D eigenvalue weighted by Crippen LogP contribution is 2.43. The lowest BCUT2D eigenvalue weighted by atomic mass is 10.1. The maximum absolute atomic E-state index is 5.56. The van der Waals surface area contributed by atoms with Crippen LogP contribution in [0.2, 0.25) is 0 Å². The Morgan fingerprint density at radius 3 is 3.00 bits per heavy atom. The standard InChI is InChI=1S/C8H13N5/c9-7-11-8-10-4-3-6(5-1-2-5)13(8)12-7/h5-6H,1-4H2,(H3,9,10,11,12). The van der Waals surface area contributed by atoms with Gasteiger partial charge < -0.3 is 11.1 Å². The third kappa shape index (κ3) is 1.07. The summed E-state index contributed by atoms with van der Waals surface area (Å²) in [7, 11) is 0. The molecular weight excluding hydrogens is 166 g/mol. The number of hydrogen-bond acceptors (Lipinski definition) is 4. The zero-order chi connectivity index (χ0) is 8.84. The van der Waals surface area contributed by atoms with E-state index in [0.29, 0.717) is 12.0 Å². The van der Waals surface area contributed by atoms with Crippen molar-refractivity contribution in [2.75, 3.05) is 17.6 Å². The number of nitrogens with one attached hydrogen (secondary N) is 1. The summed E-state index contributed by atoms with van der Waals surface area (Å²) < 4.78 is 1.97. The summed E-state index contributed by atoms with van der Waals surface area (Å²) in [6, 6.07) is 0.543. The second kappa shape index (κ2) is 2.37. The first-order chi connectivity index (χ1) is 6.34. The molecule has 1 saturated carbocycles. The molecule has 0 bridgehead atoms. The van der Waals surface area contributed by atoms with Crippen LogP contribution in [-0.2, 0) is 0 Å². The van der Waals surface area contributed by atoms with Gasteiger partial charge in [-0.05, 0) is 25.2 Å². The van der Waals surface area contributed by atoms with E-state index in [1.165, 1.54) is 12.8 Å². The van der Waals surface area contributed by atoms with Crippen molar-refractivity contribution in [1.29, 1.82) is 0 Å². The topological polar surface area (TPSA) is 68.8 Å². The Hall–Kier alpha value is -1.26. The molecule has 5 nitrogen and oxygen atoms in total. The third-order valence-electron chi connectivity index (χ3n) is 2.85. The van der Waals surface area contributed by atoms with Crippen LogP contribution < -0.4 is 11.1 Å². The molecule has 5 heteroatoms. The van der Waals surface area contributed by atoms with Crippen molar-refractivity contribution < 1.29 is 0 Å². The first kappa shape index (κ1) is 7.17. The highest BCUT2D eigenvalue weighted by atomic mass is 15.4. The van der Waals surface area contributed by atoms with Gasteiger partial charge >= 0.3 is 0 Å². The minimum absolute atomic E-state index is 0.384. The molecule has 1 atom stereocenters. The summed E-state index contributed by atoms with van der Waals surface area (Å²) in [6.45, 7) is 0.999. The molecule has 0 spiro atoms. The van der Waals surface area contributed by atoms with Crippen LogP contribution in [0, 0.1) is 5.92 Å². The van der Waals surface area contributed by atoms with Gasteiger partial charge in [-0.15, -0.1) is 5.10 Å². The number of rotatable bonds is 1. The van der Waals surface area contributed by atoms with E-state index in [2.05, 4.69) is 15.4 Å². The zero-order valence-electron chi connectivity index (χ0n) is 7.40. The van der Waals surface area contributed by atoms with Crippen molar-refractivity contribution in [3.8, 4) is 0 Å². The molecular formula is C8H13N5. The molecule has 0 amide bonds. The molecule has 0 aromatic carbocycles. The summed E-state index contributed by atoms with van der Waals surface area (Å²) in [6.07, 6.45) is 3.83. The van der Waals surface area contributed by atoms with Crippen molar-refractivity contribution in [3.63, 3.8) is 0 Å². The Kier molecular flexibility index (Phi) is 1.31. The molecule has 3 N–H and O–H groups in total. The van der Waals surface area contributed by atoms with Crippen LogP contribution in [0.3, 0.4) is 0 Å². The van der Waals surface area contributed by atoms with Crippen LogP contribution in [0.1, 0.15) is 25.3 Å². The number of nitrogens with zero attached hydrogens (tertiary/aromatic N) is 3. The molecule has 3 rings (SSSR count). The van der Waals surface area contributed by atoms with Crippen LogP contribution >= 0.6 is 0 Å². The van der Waals surface area contributed by atoms with Gasteiger partial charge in [0.05, 0.1) is 6.04 Å². The second-order valence-corrected chi connectivity index (χ2v) is 3.86. The Bertz CT molecular complexity index is 327. The summed E-state index contributed by atoms with van der Waals surface area (Å²) >= 11 is 0. The van der Waals surface area contributed by atoms with E-state index in [-0.39, 0.29) is 0 Å². The van der Waals surface area contributed by atoms with Crippen molar-refractivity contribution >= 4 is 11.9 Å². The molecule has 2 aliphatic rings. The maximum Gasteiger partial charge on any atom is 0.241 e. The van der Waals surface area contributed by atoms with Gasteiger partial charge in [0.1, 0.15) is 0 Å². The summed E-state index contributed by atoms with van der Waals surface area (Å²) in [5.41, 5.74) is 5.56. The van der Waals surface area contributed by atoms with Crippen molar-refractivity contribution in [1.82, 2.24) is 14.8 Å². The molecule has 1 fully saturated rings. The van der Waals surface area contributed by atoms with Crippen LogP contribution in [0.25, 0.3) is 0 Å². The van der Waals surface area contributed by atoms with E-state index in [4.69, 9.17) is 5.73 Å². The summed E-state index contributed by atoms with van der Waals surface area (Å²) in [5, 5.41) is 7.42. The van der Waals surface area contributed by atoms with E-state index in [1.54, 1.807) is 0 Å². The largest absolute Gasteiger partial charge is 0.366 e. The van der Waals surface area contributed by atoms with E-state index >= 15 is 0 Å². The van der Waals surface area contributed by atoms with E-state index in [9.17, 15) is 0 Å². The first-order valence-corrected chi connectivity index (χ1v) is 4.80. The van der Waals surface area contributed by atoms with E-state index in [0.717, 1.165) is 24.8 Å². The molecule has 0 saturated heterocycles. The zero-order valence-corrected chi connectivity index (χ0v) is 7.40. The van der Waals surface area contributed by atoms with Crippen LogP contribution in [-0.4, -0.2) is 21.3 Å². The van der Waals surface area contributed by atoms with E-state index in [1.807, 2.05) is 4.68 Å². The normalized spacial score (nSPS) is 26.6. The summed E-state index contributed by atoms with van der Waals surface area (Å²) in [5.74, 6) is 2.05. The number of hydrogen-bond donors (Lipinski definition) is 2. The molecule has 1 aliphatic heterocycles. The number of nitrogen functional groups attached to an aromatic ring is 1. The fourth-order valence-electron chi connectivity index (χ4n) is 2.06. The molecule has 0 radical (unpaired) electrons. The predicted octanol–water partition coefficient (Wildman–Crippen LogP) is 0.627. The van der Waals surface area contributed by atoms with Gasteiger partial charge in [0.2, 0.25) is 11.9 Å². The Morgan fingerprint density at radius 1 is 1.38 bits per heavy atom. The van der Waals surface area contributed by atoms with Gasteiger partial charge in [-0.25, -0.2) is 4.68 Å². The summed E-state index contributed by atoms with van der Waals surface area (Å²) in [4.78, 5) is 4.13. The number of nitrogens with two attached hydrogens (primary N) is 1.